The molecular weight excluding hydrogens is 212 g/mol. The fraction of sp³-hybridized carbons (Fsp3) is 0.800. The van der Waals surface area contributed by atoms with Gasteiger partial charge in [-0.1, -0.05) is 0 Å². The zero-order valence-electron chi connectivity index (χ0n) is 8.90. The standard InChI is InChI=1S/C10H16N2O4/c13-5-7(11-9(15)16)3-6-4-10(1-2-10)12-8(6)14/h6-7,11,13H,1-5H2,(H,12,14)(H,15,16)/t6-,7+/m1/s1. The predicted octanol–water partition coefficient (Wildman–Crippen LogP) is -0.326. The summed E-state index contributed by atoms with van der Waals surface area (Å²) in [6, 6.07) is -0.554. The minimum absolute atomic E-state index is 0.00494. The van der Waals surface area contributed by atoms with Crippen molar-refractivity contribution in [3.8, 4) is 0 Å². The Hall–Kier alpha value is -1.30. The molecule has 0 radical (unpaired) electrons. The average molecular weight is 228 g/mol. The molecule has 16 heavy (non-hydrogen) atoms. The van der Waals surface area contributed by atoms with Gasteiger partial charge in [-0.15, -0.1) is 0 Å². The third kappa shape index (κ3) is 2.27. The molecule has 1 heterocycles. The Morgan fingerprint density at radius 3 is 2.75 bits per heavy atom. The van der Waals surface area contributed by atoms with E-state index in [0.29, 0.717) is 6.42 Å². The molecule has 0 aromatic carbocycles. The van der Waals surface area contributed by atoms with Crippen molar-refractivity contribution in [1.82, 2.24) is 10.6 Å². The van der Waals surface area contributed by atoms with Gasteiger partial charge in [0, 0.05) is 11.5 Å². The van der Waals surface area contributed by atoms with Crippen LogP contribution in [0.5, 0.6) is 0 Å². The molecule has 1 saturated carbocycles. The van der Waals surface area contributed by atoms with Crippen LogP contribution in [0.2, 0.25) is 0 Å². The molecule has 6 heteroatoms. The average Bonchev–Trinajstić information content (AvgIpc) is 2.87. The first-order chi connectivity index (χ1) is 7.54. The van der Waals surface area contributed by atoms with Gasteiger partial charge in [-0.3, -0.25) is 4.79 Å². The summed E-state index contributed by atoms with van der Waals surface area (Å²) < 4.78 is 0. The molecule has 2 aliphatic rings. The first-order valence-corrected chi connectivity index (χ1v) is 5.47. The highest BCUT2D eigenvalue weighted by Gasteiger charge is 2.52. The molecule has 2 atom stereocenters. The maximum atomic E-state index is 11.6. The van der Waals surface area contributed by atoms with E-state index in [4.69, 9.17) is 10.2 Å². The fourth-order valence-electron chi connectivity index (χ4n) is 2.35. The normalized spacial score (nSPS) is 27.6. The van der Waals surface area contributed by atoms with E-state index < -0.39 is 12.1 Å². The highest BCUT2D eigenvalue weighted by Crippen LogP contribution is 2.46. The maximum Gasteiger partial charge on any atom is 0.404 e. The lowest BCUT2D eigenvalue weighted by atomic mass is 9.96. The zero-order chi connectivity index (χ0) is 11.8. The summed E-state index contributed by atoms with van der Waals surface area (Å²) in [6.07, 6.45) is 2.01. The fourth-order valence-corrected chi connectivity index (χ4v) is 2.35. The number of carbonyl (C=O) groups is 2. The number of carbonyl (C=O) groups excluding carboxylic acids is 1. The summed E-state index contributed by atoms with van der Waals surface area (Å²) in [6.45, 7) is -0.275. The number of hydrogen-bond acceptors (Lipinski definition) is 3. The van der Waals surface area contributed by atoms with Gasteiger partial charge < -0.3 is 20.8 Å². The summed E-state index contributed by atoms with van der Waals surface area (Å²) >= 11 is 0. The van der Waals surface area contributed by atoms with Gasteiger partial charge in [0.2, 0.25) is 5.91 Å². The van der Waals surface area contributed by atoms with Gasteiger partial charge >= 0.3 is 6.09 Å². The van der Waals surface area contributed by atoms with E-state index in [0.717, 1.165) is 19.3 Å². The lowest BCUT2D eigenvalue weighted by Gasteiger charge is -2.16. The smallest absolute Gasteiger partial charge is 0.404 e. The van der Waals surface area contributed by atoms with E-state index in [2.05, 4.69) is 10.6 Å². The van der Waals surface area contributed by atoms with E-state index >= 15 is 0 Å². The van der Waals surface area contributed by atoms with Crippen LogP contribution in [0.25, 0.3) is 0 Å². The van der Waals surface area contributed by atoms with Crippen LogP contribution in [-0.4, -0.2) is 40.4 Å². The van der Waals surface area contributed by atoms with E-state index in [1.807, 2.05) is 0 Å². The molecular formula is C10H16N2O4. The van der Waals surface area contributed by atoms with E-state index in [9.17, 15) is 9.59 Å². The molecule has 2 fully saturated rings. The van der Waals surface area contributed by atoms with Crippen molar-refractivity contribution >= 4 is 12.0 Å². The summed E-state index contributed by atoms with van der Waals surface area (Å²) in [5, 5.41) is 22.7. The predicted molar refractivity (Wildman–Crippen MR) is 54.9 cm³/mol. The monoisotopic (exact) mass is 228 g/mol. The van der Waals surface area contributed by atoms with Gasteiger partial charge in [-0.05, 0) is 25.7 Å². The van der Waals surface area contributed by atoms with Crippen molar-refractivity contribution in [2.75, 3.05) is 6.61 Å². The maximum absolute atomic E-state index is 11.6. The van der Waals surface area contributed by atoms with E-state index in [1.165, 1.54) is 0 Å². The minimum atomic E-state index is -1.17. The molecule has 1 spiro atoms. The molecule has 0 aromatic rings. The van der Waals surface area contributed by atoms with Crippen molar-refractivity contribution in [2.45, 2.75) is 37.3 Å². The number of aliphatic hydroxyl groups is 1. The van der Waals surface area contributed by atoms with Gasteiger partial charge in [0.25, 0.3) is 0 Å². The number of carboxylic acid groups (broad SMARTS) is 1. The second kappa shape index (κ2) is 3.93. The third-order valence-electron chi connectivity index (χ3n) is 3.37. The molecule has 1 saturated heterocycles. The summed E-state index contributed by atoms with van der Waals surface area (Å²) in [7, 11) is 0. The Labute approximate surface area is 93.0 Å². The Morgan fingerprint density at radius 1 is 1.62 bits per heavy atom. The molecule has 90 valence electrons. The Morgan fingerprint density at radius 2 is 2.31 bits per heavy atom. The Kier molecular flexibility index (Phi) is 2.75. The lowest BCUT2D eigenvalue weighted by molar-refractivity contribution is -0.123. The zero-order valence-corrected chi connectivity index (χ0v) is 8.90. The van der Waals surface area contributed by atoms with Crippen molar-refractivity contribution in [3.05, 3.63) is 0 Å². The van der Waals surface area contributed by atoms with Crippen molar-refractivity contribution < 1.29 is 19.8 Å². The van der Waals surface area contributed by atoms with Crippen LogP contribution in [0, 0.1) is 5.92 Å². The molecule has 2 rings (SSSR count). The van der Waals surface area contributed by atoms with Crippen molar-refractivity contribution in [3.63, 3.8) is 0 Å². The Bertz CT molecular complexity index is 314. The highest BCUT2D eigenvalue weighted by atomic mass is 16.4. The Balaban J connectivity index is 1.88. The number of hydrogen-bond donors (Lipinski definition) is 4. The highest BCUT2D eigenvalue weighted by molar-refractivity contribution is 5.83. The quantitative estimate of drug-likeness (QED) is 0.529. The van der Waals surface area contributed by atoms with Crippen LogP contribution >= 0.6 is 0 Å². The van der Waals surface area contributed by atoms with Crippen molar-refractivity contribution in [2.24, 2.45) is 5.92 Å². The molecule has 6 nitrogen and oxygen atoms in total. The van der Waals surface area contributed by atoms with Crippen LogP contribution in [0.4, 0.5) is 4.79 Å². The summed E-state index contributed by atoms with van der Waals surface area (Å²) in [5.74, 6) is -0.186. The van der Waals surface area contributed by atoms with E-state index in [-0.39, 0.29) is 24.0 Å². The molecule has 0 bridgehead atoms. The van der Waals surface area contributed by atoms with Crippen LogP contribution in [0.15, 0.2) is 0 Å². The largest absolute Gasteiger partial charge is 0.465 e. The van der Waals surface area contributed by atoms with Gasteiger partial charge in [0.05, 0.1) is 12.6 Å². The number of amides is 2. The van der Waals surface area contributed by atoms with Gasteiger partial charge in [-0.2, -0.15) is 0 Å². The van der Waals surface area contributed by atoms with Crippen LogP contribution in [0.1, 0.15) is 25.7 Å². The molecule has 1 aliphatic carbocycles. The van der Waals surface area contributed by atoms with Gasteiger partial charge in [0.15, 0.2) is 0 Å². The first kappa shape index (κ1) is 11.2. The van der Waals surface area contributed by atoms with Crippen LogP contribution in [-0.2, 0) is 4.79 Å². The molecule has 4 N–H and O–H groups in total. The topological polar surface area (TPSA) is 98.7 Å². The summed E-state index contributed by atoms with van der Waals surface area (Å²) in [4.78, 5) is 22.0. The second-order valence-corrected chi connectivity index (χ2v) is 4.74. The van der Waals surface area contributed by atoms with Gasteiger partial charge in [-0.25, -0.2) is 4.79 Å². The summed E-state index contributed by atoms with van der Waals surface area (Å²) in [5.41, 5.74) is 0.00494. The molecule has 0 aromatic heterocycles. The number of rotatable bonds is 4. The van der Waals surface area contributed by atoms with Gasteiger partial charge in [0.1, 0.15) is 0 Å². The SMILES string of the molecule is O=C(O)N[C@H](CO)C[C@@H]1CC2(CC2)NC1=O. The third-order valence-corrected chi connectivity index (χ3v) is 3.37. The van der Waals surface area contributed by atoms with Crippen LogP contribution < -0.4 is 10.6 Å². The first-order valence-electron chi connectivity index (χ1n) is 5.47. The number of nitrogens with one attached hydrogen (secondary N) is 2. The minimum Gasteiger partial charge on any atom is -0.465 e. The second-order valence-electron chi connectivity index (χ2n) is 4.74. The lowest BCUT2D eigenvalue weighted by Crippen LogP contribution is -2.39. The number of aliphatic hydroxyl groups excluding tert-OH is 1. The molecule has 2 amide bonds. The van der Waals surface area contributed by atoms with Crippen LogP contribution in [0.3, 0.4) is 0 Å². The van der Waals surface area contributed by atoms with Crippen molar-refractivity contribution in [1.29, 1.82) is 0 Å². The molecule has 0 unspecified atom stereocenters. The molecule has 1 aliphatic heterocycles. The van der Waals surface area contributed by atoms with E-state index in [1.54, 1.807) is 0 Å².